The van der Waals surface area contributed by atoms with Gasteiger partial charge in [0, 0.05) is 26.3 Å². The van der Waals surface area contributed by atoms with Crippen LogP contribution >= 0.6 is 0 Å². The van der Waals surface area contributed by atoms with E-state index in [1.54, 1.807) is 19.3 Å². The number of aromatic nitrogens is 4. The third kappa shape index (κ3) is 3.13. The maximum absolute atomic E-state index is 11.6. The lowest BCUT2D eigenvalue weighted by molar-refractivity contribution is 0.0957. The molecule has 3 rings (SSSR count). The van der Waals surface area contributed by atoms with Crippen LogP contribution in [0.5, 0.6) is 0 Å². The first-order valence-corrected chi connectivity index (χ1v) is 7.45. The van der Waals surface area contributed by atoms with E-state index in [1.807, 2.05) is 16.9 Å². The number of nitrogens with zero attached hydrogens (tertiary/aromatic N) is 6. The van der Waals surface area contributed by atoms with Gasteiger partial charge in [0.05, 0.1) is 18.4 Å². The van der Waals surface area contributed by atoms with Gasteiger partial charge in [0.2, 0.25) is 0 Å². The summed E-state index contributed by atoms with van der Waals surface area (Å²) in [7, 11) is 1.59. The fourth-order valence-corrected chi connectivity index (χ4v) is 2.71. The van der Waals surface area contributed by atoms with Crippen molar-refractivity contribution in [3.8, 4) is 6.07 Å². The Morgan fingerprint density at radius 2 is 2.30 bits per heavy atom. The average Bonchev–Trinajstić information content (AvgIpc) is 3.11. The third-order valence-electron chi connectivity index (χ3n) is 3.92. The minimum Gasteiger partial charge on any atom is -0.354 e. The van der Waals surface area contributed by atoms with Gasteiger partial charge in [-0.25, -0.2) is 9.97 Å². The van der Waals surface area contributed by atoms with Crippen molar-refractivity contribution in [3.05, 3.63) is 36.0 Å². The maximum atomic E-state index is 11.6. The Hall–Kier alpha value is -2.95. The number of nitriles is 1. The molecule has 1 N–H and O–H groups in total. The summed E-state index contributed by atoms with van der Waals surface area (Å²) >= 11 is 0. The Morgan fingerprint density at radius 3 is 3.00 bits per heavy atom. The first kappa shape index (κ1) is 15.0. The lowest BCUT2D eigenvalue weighted by atomic mass is 10.1. The van der Waals surface area contributed by atoms with Crippen molar-refractivity contribution in [1.82, 2.24) is 25.1 Å². The van der Waals surface area contributed by atoms with E-state index in [1.165, 1.54) is 6.20 Å². The van der Waals surface area contributed by atoms with E-state index in [0.29, 0.717) is 11.4 Å². The highest BCUT2D eigenvalue weighted by Gasteiger charge is 2.23. The molecule has 8 heteroatoms. The Labute approximate surface area is 133 Å². The van der Waals surface area contributed by atoms with E-state index in [2.05, 4.69) is 25.3 Å². The summed E-state index contributed by atoms with van der Waals surface area (Å²) in [6.07, 6.45) is 6.94. The molecule has 0 radical (unpaired) electrons. The number of anilines is 1. The highest BCUT2D eigenvalue weighted by Crippen LogP contribution is 2.24. The summed E-state index contributed by atoms with van der Waals surface area (Å²) < 4.78 is 1.84. The Kier molecular flexibility index (Phi) is 4.19. The van der Waals surface area contributed by atoms with Gasteiger partial charge >= 0.3 is 0 Å². The largest absolute Gasteiger partial charge is 0.354 e. The number of piperidine rings is 1. The zero-order valence-corrected chi connectivity index (χ0v) is 12.8. The van der Waals surface area contributed by atoms with Crippen LogP contribution in [0.15, 0.2) is 24.7 Å². The number of hydrogen-bond donors (Lipinski definition) is 1. The number of carbonyl (C=O) groups is 1. The SMILES string of the molecule is CNC(=O)c1ccn([C@H]2CCCN(c3cnc(C#N)cn3)C2)n1. The molecule has 1 atom stereocenters. The normalized spacial score (nSPS) is 17.6. The minimum absolute atomic E-state index is 0.180. The lowest BCUT2D eigenvalue weighted by Crippen LogP contribution is -2.37. The van der Waals surface area contributed by atoms with E-state index in [9.17, 15) is 4.79 Å². The van der Waals surface area contributed by atoms with E-state index in [4.69, 9.17) is 5.26 Å². The molecule has 0 unspecified atom stereocenters. The second-order valence-corrected chi connectivity index (χ2v) is 5.37. The molecule has 1 fully saturated rings. The van der Waals surface area contributed by atoms with Crippen molar-refractivity contribution in [2.24, 2.45) is 0 Å². The molecule has 118 valence electrons. The Bertz CT molecular complexity index is 731. The van der Waals surface area contributed by atoms with Crippen LogP contribution in [0, 0.1) is 11.3 Å². The number of amides is 1. The molecular formula is C15H17N7O. The van der Waals surface area contributed by atoms with Crippen molar-refractivity contribution in [2.45, 2.75) is 18.9 Å². The van der Waals surface area contributed by atoms with Gasteiger partial charge in [-0.2, -0.15) is 10.4 Å². The van der Waals surface area contributed by atoms with Crippen LogP contribution in [0.1, 0.15) is 35.1 Å². The van der Waals surface area contributed by atoms with Crippen LogP contribution in [-0.4, -0.2) is 45.8 Å². The van der Waals surface area contributed by atoms with E-state index in [-0.39, 0.29) is 11.9 Å². The molecule has 2 aromatic rings. The molecule has 1 amide bonds. The van der Waals surface area contributed by atoms with Crippen molar-refractivity contribution in [3.63, 3.8) is 0 Å². The third-order valence-corrected chi connectivity index (χ3v) is 3.92. The number of rotatable bonds is 3. The molecule has 1 saturated heterocycles. The smallest absolute Gasteiger partial charge is 0.271 e. The first-order valence-electron chi connectivity index (χ1n) is 7.45. The van der Waals surface area contributed by atoms with Gasteiger partial charge < -0.3 is 10.2 Å². The number of nitrogens with one attached hydrogen (secondary N) is 1. The van der Waals surface area contributed by atoms with Crippen LogP contribution in [0.4, 0.5) is 5.82 Å². The summed E-state index contributed by atoms with van der Waals surface area (Å²) in [6.45, 7) is 1.64. The zero-order chi connectivity index (χ0) is 16.2. The minimum atomic E-state index is -0.186. The van der Waals surface area contributed by atoms with E-state index < -0.39 is 0 Å². The Morgan fingerprint density at radius 1 is 1.43 bits per heavy atom. The number of carbonyl (C=O) groups excluding carboxylic acids is 1. The van der Waals surface area contributed by atoms with Gasteiger partial charge in [-0.3, -0.25) is 9.48 Å². The summed E-state index contributed by atoms with van der Waals surface area (Å²) in [5.74, 6) is 0.571. The Balaban J connectivity index is 1.74. The summed E-state index contributed by atoms with van der Waals surface area (Å²) in [4.78, 5) is 22.1. The zero-order valence-electron chi connectivity index (χ0n) is 12.8. The van der Waals surface area contributed by atoms with Gasteiger partial charge in [0.15, 0.2) is 5.69 Å². The number of hydrogen-bond acceptors (Lipinski definition) is 6. The monoisotopic (exact) mass is 311 g/mol. The highest BCUT2D eigenvalue weighted by molar-refractivity contribution is 5.91. The van der Waals surface area contributed by atoms with Crippen LogP contribution in [0.3, 0.4) is 0 Å². The molecular weight excluding hydrogens is 294 g/mol. The lowest BCUT2D eigenvalue weighted by Gasteiger charge is -2.33. The molecule has 0 aliphatic carbocycles. The molecule has 1 aliphatic heterocycles. The maximum Gasteiger partial charge on any atom is 0.271 e. The molecule has 1 aliphatic rings. The second-order valence-electron chi connectivity index (χ2n) is 5.37. The van der Waals surface area contributed by atoms with Crippen LogP contribution in [0.2, 0.25) is 0 Å². The summed E-state index contributed by atoms with van der Waals surface area (Å²) in [5, 5.41) is 15.7. The molecule has 0 spiro atoms. The fraction of sp³-hybridized carbons (Fsp3) is 0.400. The van der Waals surface area contributed by atoms with Crippen molar-refractivity contribution < 1.29 is 4.79 Å². The molecule has 3 heterocycles. The van der Waals surface area contributed by atoms with Gasteiger partial charge in [-0.15, -0.1) is 0 Å². The predicted molar refractivity (Wildman–Crippen MR) is 82.8 cm³/mol. The molecule has 0 saturated carbocycles. The highest BCUT2D eigenvalue weighted by atomic mass is 16.1. The second kappa shape index (κ2) is 6.44. The van der Waals surface area contributed by atoms with Gasteiger partial charge in [0.1, 0.15) is 17.6 Å². The quantitative estimate of drug-likeness (QED) is 0.897. The molecule has 0 aromatic carbocycles. The van der Waals surface area contributed by atoms with Gasteiger partial charge in [0.25, 0.3) is 5.91 Å². The van der Waals surface area contributed by atoms with E-state index >= 15 is 0 Å². The average molecular weight is 311 g/mol. The van der Waals surface area contributed by atoms with Gasteiger partial charge in [-0.05, 0) is 18.9 Å². The summed E-state index contributed by atoms with van der Waals surface area (Å²) in [6, 6.07) is 3.87. The molecule has 2 aromatic heterocycles. The topological polar surface area (TPSA) is 99.7 Å². The standard InChI is InChI=1S/C15H17N7O/c1-17-15(23)13-4-6-22(20-13)12-3-2-5-21(10-12)14-9-18-11(7-16)8-19-14/h4,6,8-9,12H,2-3,5,10H2,1H3,(H,17,23)/t12-/m0/s1. The fourth-order valence-electron chi connectivity index (χ4n) is 2.71. The first-order chi connectivity index (χ1) is 11.2. The van der Waals surface area contributed by atoms with Crippen molar-refractivity contribution in [1.29, 1.82) is 5.26 Å². The molecule has 8 nitrogen and oxygen atoms in total. The van der Waals surface area contributed by atoms with Crippen molar-refractivity contribution >= 4 is 11.7 Å². The molecule has 23 heavy (non-hydrogen) atoms. The summed E-state index contributed by atoms with van der Waals surface area (Å²) in [5.41, 5.74) is 0.729. The van der Waals surface area contributed by atoms with Crippen LogP contribution in [0.25, 0.3) is 0 Å². The van der Waals surface area contributed by atoms with Crippen molar-refractivity contribution in [2.75, 3.05) is 25.0 Å². The molecule has 0 bridgehead atoms. The predicted octanol–water partition coefficient (Wildman–Crippen LogP) is 0.746. The van der Waals surface area contributed by atoms with E-state index in [0.717, 1.165) is 31.7 Å². The van der Waals surface area contributed by atoms with Crippen LogP contribution < -0.4 is 10.2 Å². The van der Waals surface area contributed by atoms with Gasteiger partial charge in [-0.1, -0.05) is 0 Å². The van der Waals surface area contributed by atoms with Crippen LogP contribution in [-0.2, 0) is 0 Å².